The maximum absolute atomic E-state index is 4.67. The molecule has 5 nitrogen and oxygen atoms in total. The van der Waals surface area contributed by atoms with E-state index in [-0.39, 0.29) is 0 Å². The van der Waals surface area contributed by atoms with Gasteiger partial charge in [-0.15, -0.1) is 6.58 Å². The Morgan fingerprint density at radius 1 is 0.958 bits per heavy atom. The van der Waals surface area contributed by atoms with Crippen LogP contribution in [0.2, 0.25) is 0 Å². The number of aromatic nitrogens is 5. The second kappa shape index (κ2) is 6.04. The third-order valence-corrected chi connectivity index (χ3v) is 3.74. The van der Waals surface area contributed by atoms with Crippen LogP contribution in [0.15, 0.2) is 79.4 Å². The SMILES string of the molecule is C=CCn1nc2nc(-c3ccccc3)cc(-c3ccccc3)[n+]2n1. The van der Waals surface area contributed by atoms with E-state index < -0.39 is 0 Å². The van der Waals surface area contributed by atoms with Gasteiger partial charge in [-0.25, -0.2) is 0 Å². The van der Waals surface area contributed by atoms with E-state index in [1.54, 1.807) is 15.4 Å². The van der Waals surface area contributed by atoms with Gasteiger partial charge in [-0.1, -0.05) is 76.2 Å². The number of benzene rings is 2. The molecular weight excluding hydrogens is 298 g/mol. The standard InChI is InChI=1S/C19H16N5/c1-2-13-23-21-19-20-17(15-9-5-3-6-10-15)14-18(24(19)22-23)16-11-7-4-8-12-16/h2-12,14H,1,13H2/q+1. The lowest BCUT2D eigenvalue weighted by Crippen LogP contribution is -2.29. The topological polar surface area (TPSA) is 47.7 Å². The van der Waals surface area contributed by atoms with Gasteiger partial charge in [0.05, 0.1) is 5.10 Å². The Bertz CT molecular complexity index is 990. The van der Waals surface area contributed by atoms with E-state index in [0.29, 0.717) is 12.3 Å². The lowest BCUT2D eigenvalue weighted by molar-refractivity contribution is -0.575. The van der Waals surface area contributed by atoms with Crippen LogP contribution in [-0.4, -0.2) is 20.1 Å². The van der Waals surface area contributed by atoms with Crippen molar-refractivity contribution < 1.29 is 4.52 Å². The van der Waals surface area contributed by atoms with E-state index in [1.165, 1.54) is 0 Å². The molecule has 4 rings (SSSR count). The minimum atomic E-state index is 0.540. The molecule has 0 saturated heterocycles. The summed E-state index contributed by atoms with van der Waals surface area (Å²) in [7, 11) is 0. The van der Waals surface area contributed by atoms with E-state index in [9.17, 15) is 0 Å². The molecule has 2 aromatic heterocycles. The second-order valence-corrected chi connectivity index (χ2v) is 5.40. The summed E-state index contributed by atoms with van der Waals surface area (Å²) in [5.41, 5.74) is 3.95. The molecule has 0 bridgehead atoms. The fraction of sp³-hybridized carbons (Fsp3) is 0.0526. The monoisotopic (exact) mass is 314 g/mol. The van der Waals surface area contributed by atoms with Crippen LogP contribution < -0.4 is 4.52 Å². The molecule has 5 heteroatoms. The van der Waals surface area contributed by atoms with Gasteiger partial charge in [-0.2, -0.15) is 0 Å². The van der Waals surface area contributed by atoms with Crippen LogP contribution in [0.5, 0.6) is 0 Å². The molecule has 2 aromatic carbocycles. The lowest BCUT2D eigenvalue weighted by Gasteiger charge is -2.02. The predicted molar refractivity (Wildman–Crippen MR) is 92.0 cm³/mol. The second-order valence-electron chi connectivity index (χ2n) is 5.40. The average molecular weight is 314 g/mol. The molecule has 0 saturated carbocycles. The maximum atomic E-state index is 4.67. The smallest absolute Gasteiger partial charge is 0.100 e. The van der Waals surface area contributed by atoms with Crippen LogP contribution in [0.1, 0.15) is 0 Å². The molecule has 4 aromatic rings. The Labute approximate surface area is 139 Å². The van der Waals surface area contributed by atoms with Crippen LogP contribution in [0.3, 0.4) is 0 Å². The average Bonchev–Trinajstić information content (AvgIpc) is 3.05. The Balaban J connectivity index is 1.98. The first-order valence-electron chi connectivity index (χ1n) is 7.75. The molecule has 0 unspecified atom stereocenters. The minimum absolute atomic E-state index is 0.540. The van der Waals surface area contributed by atoms with E-state index in [0.717, 1.165) is 22.5 Å². The van der Waals surface area contributed by atoms with Crippen LogP contribution in [0.4, 0.5) is 0 Å². The molecule has 0 amide bonds. The minimum Gasteiger partial charge on any atom is -0.100 e. The van der Waals surface area contributed by atoms with Gasteiger partial charge < -0.3 is 0 Å². The summed E-state index contributed by atoms with van der Waals surface area (Å²) in [6, 6.07) is 22.3. The molecule has 0 aliphatic carbocycles. The van der Waals surface area contributed by atoms with E-state index >= 15 is 0 Å². The van der Waals surface area contributed by atoms with Crippen LogP contribution >= 0.6 is 0 Å². The lowest BCUT2D eigenvalue weighted by atomic mass is 10.1. The number of fused-ring (bicyclic) bond motifs is 1. The highest BCUT2D eigenvalue weighted by Crippen LogP contribution is 2.22. The van der Waals surface area contributed by atoms with Gasteiger partial charge in [-0.3, -0.25) is 0 Å². The molecule has 0 radical (unpaired) electrons. The third kappa shape index (κ3) is 2.56. The van der Waals surface area contributed by atoms with Crippen LogP contribution in [0.25, 0.3) is 28.3 Å². The number of rotatable bonds is 4. The first-order chi connectivity index (χ1) is 11.8. The van der Waals surface area contributed by atoms with Gasteiger partial charge in [0.25, 0.3) is 0 Å². The molecule has 0 fully saturated rings. The predicted octanol–water partition coefficient (Wildman–Crippen LogP) is 2.93. The maximum Gasteiger partial charge on any atom is 0.440 e. The number of nitrogens with zero attached hydrogens (tertiary/aromatic N) is 5. The van der Waals surface area contributed by atoms with Crippen molar-refractivity contribution in [1.29, 1.82) is 0 Å². The van der Waals surface area contributed by atoms with Gasteiger partial charge in [0.1, 0.15) is 17.9 Å². The van der Waals surface area contributed by atoms with Crippen molar-refractivity contribution in [3.63, 3.8) is 0 Å². The molecule has 116 valence electrons. The quantitative estimate of drug-likeness (QED) is 0.430. The van der Waals surface area contributed by atoms with E-state index in [4.69, 9.17) is 0 Å². The fourth-order valence-electron chi connectivity index (χ4n) is 2.63. The van der Waals surface area contributed by atoms with Crippen LogP contribution in [-0.2, 0) is 6.54 Å². The summed E-state index contributed by atoms with van der Waals surface area (Å²) >= 11 is 0. The zero-order valence-electron chi connectivity index (χ0n) is 13.1. The fourth-order valence-corrected chi connectivity index (χ4v) is 2.63. The van der Waals surface area contributed by atoms with E-state index in [2.05, 4.69) is 34.0 Å². The molecular formula is C19H16N5+. The van der Waals surface area contributed by atoms with Crippen molar-refractivity contribution in [2.24, 2.45) is 0 Å². The summed E-state index contributed by atoms with van der Waals surface area (Å²) in [5, 5.41) is 8.96. The van der Waals surface area contributed by atoms with Gasteiger partial charge in [0, 0.05) is 22.4 Å². The Kier molecular flexibility index (Phi) is 3.59. The number of allylic oxidation sites excluding steroid dienone is 1. The van der Waals surface area contributed by atoms with Gasteiger partial charge >= 0.3 is 5.78 Å². The normalized spacial score (nSPS) is 10.8. The summed E-state index contributed by atoms with van der Waals surface area (Å²) in [6.07, 6.45) is 1.76. The molecule has 0 atom stereocenters. The van der Waals surface area contributed by atoms with Crippen molar-refractivity contribution in [2.45, 2.75) is 6.54 Å². The highest BCUT2D eigenvalue weighted by atomic mass is 15.6. The summed E-state index contributed by atoms with van der Waals surface area (Å²) in [4.78, 5) is 6.26. The highest BCUT2D eigenvalue weighted by Gasteiger charge is 2.20. The zero-order valence-corrected chi connectivity index (χ0v) is 13.1. The number of hydrogen-bond donors (Lipinski definition) is 0. The van der Waals surface area contributed by atoms with Crippen molar-refractivity contribution >= 4 is 5.78 Å². The molecule has 0 aliphatic rings. The molecule has 0 aliphatic heterocycles. The highest BCUT2D eigenvalue weighted by molar-refractivity contribution is 5.66. The van der Waals surface area contributed by atoms with Crippen molar-refractivity contribution in [3.05, 3.63) is 79.4 Å². The Morgan fingerprint density at radius 3 is 2.29 bits per heavy atom. The van der Waals surface area contributed by atoms with Gasteiger partial charge in [-0.05, 0) is 4.80 Å². The van der Waals surface area contributed by atoms with Crippen LogP contribution in [0, 0.1) is 0 Å². The molecule has 0 N–H and O–H groups in total. The van der Waals surface area contributed by atoms with Crippen molar-refractivity contribution in [2.75, 3.05) is 0 Å². The van der Waals surface area contributed by atoms with E-state index in [1.807, 2.05) is 54.6 Å². The third-order valence-electron chi connectivity index (χ3n) is 3.74. The van der Waals surface area contributed by atoms with Gasteiger partial charge in [0.15, 0.2) is 0 Å². The number of tetrazole rings is 1. The largest absolute Gasteiger partial charge is 0.440 e. The number of hydrogen-bond acceptors (Lipinski definition) is 3. The first-order valence-corrected chi connectivity index (χ1v) is 7.75. The summed E-state index contributed by atoms with van der Waals surface area (Å²) in [6.45, 7) is 4.28. The Hall–Kier alpha value is -3.34. The van der Waals surface area contributed by atoms with Crippen molar-refractivity contribution in [3.8, 4) is 22.5 Å². The molecule has 24 heavy (non-hydrogen) atoms. The van der Waals surface area contributed by atoms with Crippen molar-refractivity contribution in [1.82, 2.24) is 20.1 Å². The Morgan fingerprint density at radius 2 is 1.62 bits per heavy atom. The molecule has 0 spiro atoms. The summed E-state index contributed by atoms with van der Waals surface area (Å²) < 4.78 is 1.77. The molecule has 2 heterocycles. The van der Waals surface area contributed by atoms with Gasteiger partial charge in [0.2, 0.25) is 0 Å². The summed E-state index contributed by atoms with van der Waals surface area (Å²) in [5.74, 6) is 0.567. The first kappa shape index (κ1) is 14.3. The zero-order chi connectivity index (χ0) is 16.4.